The van der Waals surface area contributed by atoms with E-state index < -0.39 is 11.7 Å². The van der Waals surface area contributed by atoms with E-state index in [1.54, 1.807) is 34.7 Å². The van der Waals surface area contributed by atoms with Crippen molar-refractivity contribution in [1.29, 1.82) is 0 Å². The number of rotatable bonds is 6. The van der Waals surface area contributed by atoms with E-state index in [0.29, 0.717) is 30.7 Å². The number of amides is 1. The fraction of sp³-hybridized carbons (Fsp3) is 0.643. The van der Waals surface area contributed by atoms with Crippen molar-refractivity contribution in [3.63, 3.8) is 0 Å². The van der Waals surface area contributed by atoms with Crippen LogP contribution in [0.1, 0.15) is 40.5 Å². The molecule has 0 radical (unpaired) electrons. The van der Waals surface area contributed by atoms with Crippen LogP contribution in [-0.4, -0.2) is 37.3 Å². The van der Waals surface area contributed by atoms with E-state index in [-0.39, 0.29) is 5.78 Å². The predicted molar refractivity (Wildman–Crippen MR) is 79.8 cm³/mol. The van der Waals surface area contributed by atoms with Crippen LogP contribution in [0.3, 0.4) is 0 Å². The first-order valence-electron chi connectivity index (χ1n) is 6.56. The van der Waals surface area contributed by atoms with Gasteiger partial charge in [-0.2, -0.15) is 0 Å². The van der Waals surface area contributed by atoms with Crippen LogP contribution in [0.4, 0.5) is 4.79 Å². The molecule has 1 amide bonds. The average molecular weight is 283 g/mol. The molecule has 0 aromatic heterocycles. The van der Waals surface area contributed by atoms with Crippen molar-refractivity contribution in [2.75, 3.05) is 13.6 Å². The molecule has 20 heavy (non-hydrogen) atoms. The number of hydrogen-bond acceptors (Lipinski definition) is 5. The van der Waals surface area contributed by atoms with Crippen LogP contribution in [-0.2, 0) is 9.53 Å². The second-order valence-corrected chi connectivity index (χ2v) is 5.44. The molecule has 0 aliphatic carbocycles. The average Bonchev–Trinajstić information content (AvgIpc) is 2.28. The van der Waals surface area contributed by atoms with Gasteiger partial charge in [-0.3, -0.25) is 9.79 Å². The van der Waals surface area contributed by atoms with Crippen molar-refractivity contribution in [2.24, 2.45) is 10.7 Å². The summed E-state index contributed by atoms with van der Waals surface area (Å²) in [5.74, 6) is -0.0819. The molecule has 0 atom stereocenters. The van der Waals surface area contributed by atoms with Gasteiger partial charge in [0.05, 0.1) is 5.57 Å². The Morgan fingerprint density at radius 3 is 2.40 bits per heavy atom. The molecule has 6 nitrogen and oxygen atoms in total. The van der Waals surface area contributed by atoms with Crippen LogP contribution < -0.4 is 11.1 Å². The zero-order chi connectivity index (χ0) is 15.8. The molecule has 0 aromatic carbocycles. The summed E-state index contributed by atoms with van der Waals surface area (Å²) >= 11 is 0. The first-order valence-corrected chi connectivity index (χ1v) is 6.56. The highest BCUT2D eigenvalue weighted by atomic mass is 16.6. The summed E-state index contributed by atoms with van der Waals surface area (Å²) in [5, 5.41) is 2.60. The van der Waals surface area contributed by atoms with Gasteiger partial charge in [-0.15, -0.1) is 0 Å². The van der Waals surface area contributed by atoms with Gasteiger partial charge in [-0.05, 0) is 34.1 Å². The van der Waals surface area contributed by atoms with E-state index in [0.717, 1.165) is 0 Å². The maximum absolute atomic E-state index is 11.9. The minimum Gasteiger partial charge on any atom is -0.444 e. The molecule has 0 aliphatic heterocycles. The number of nitrogens with one attached hydrogen (secondary N) is 1. The fourth-order valence-electron chi connectivity index (χ4n) is 1.41. The van der Waals surface area contributed by atoms with Gasteiger partial charge in [0.15, 0.2) is 5.78 Å². The number of hydrogen-bond donors (Lipinski definition) is 2. The number of aliphatic imine (C=N–C) groups is 1. The third-order valence-corrected chi connectivity index (χ3v) is 2.23. The lowest BCUT2D eigenvalue weighted by Crippen LogP contribution is -2.33. The summed E-state index contributed by atoms with van der Waals surface area (Å²) < 4.78 is 5.08. The van der Waals surface area contributed by atoms with Crippen LogP contribution in [0.15, 0.2) is 16.3 Å². The lowest BCUT2D eigenvalue weighted by atomic mass is 10.1. The lowest BCUT2D eigenvalue weighted by Gasteiger charge is -2.19. The topological polar surface area (TPSA) is 93.8 Å². The Bertz CT molecular complexity index is 402. The van der Waals surface area contributed by atoms with E-state index in [1.165, 1.54) is 6.21 Å². The molecule has 0 heterocycles. The molecule has 0 spiro atoms. The van der Waals surface area contributed by atoms with Crippen molar-refractivity contribution >= 4 is 18.1 Å². The SMILES string of the molecule is CN=CC(C(=O)CCCNC(=O)OC(C)(C)C)=C(C)N. The quantitative estimate of drug-likeness (QED) is 0.441. The molecule has 0 unspecified atom stereocenters. The van der Waals surface area contributed by atoms with E-state index in [1.807, 2.05) is 0 Å². The number of ether oxygens (including phenoxy) is 1. The first kappa shape index (κ1) is 18.1. The Labute approximate surface area is 120 Å². The van der Waals surface area contributed by atoms with Crippen LogP contribution >= 0.6 is 0 Å². The van der Waals surface area contributed by atoms with Gasteiger partial charge >= 0.3 is 6.09 Å². The first-order chi connectivity index (χ1) is 9.17. The van der Waals surface area contributed by atoms with Gasteiger partial charge in [-0.1, -0.05) is 0 Å². The monoisotopic (exact) mass is 283 g/mol. The summed E-state index contributed by atoms with van der Waals surface area (Å²) in [7, 11) is 1.58. The van der Waals surface area contributed by atoms with Crippen molar-refractivity contribution in [2.45, 2.75) is 46.1 Å². The zero-order valence-electron chi connectivity index (χ0n) is 12.9. The molecule has 114 valence electrons. The Morgan fingerprint density at radius 2 is 1.95 bits per heavy atom. The molecule has 0 aromatic rings. The molecule has 0 saturated carbocycles. The molecular weight excluding hydrogens is 258 g/mol. The molecule has 0 rings (SSSR count). The summed E-state index contributed by atoms with van der Waals surface area (Å²) in [6.07, 6.45) is 1.79. The second-order valence-electron chi connectivity index (χ2n) is 5.44. The summed E-state index contributed by atoms with van der Waals surface area (Å²) in [6, 6.07) is 0. The number of allylic oxidation sites excluding steroid dienone is 2. The highest BCUT2D eigenvalue weighted by Gasteiger charge is 2.15. The number of alkyl carbamates (subject to hydrolysis) is 1. The lowest BCUT2D eigenvalue weighted by molar-refractivity contribution is -0.115. The molecule has 0 bridgehead atoms. The maximum Gasteiger partial charge on any atom is 0.407 e. The fourth-order valence-corrected chi connectivity index (χ4v) is 1.41. The van der Waals surface area contributed by atoms with Gasteiger partial charge < -0.3 is 15.8 Å². The van der Waals surface area contributed by atoms with Crippen LogP contribution in [0.25, 0.3) is 0 Å². The molecule has 0 fully saturated rings. The van der Waals surface area contributed by atoms with Gasteiger partial charge in [0.25, 0.3) is 0 Å². The van der Waals surface area contributed by atoms with Crippen molar-refractivity contribution in [1.82, 2.24) is 5.32 Å². The highest BCUT2D eigenvalue weighted by Crippen LogP contribution is 2.07. The Hall–Kier alpha value is -1.85. The third-order valence-electron chi connectivity index (χ3n) is 2.23. The van der Waals surface area contributed by atoms with Gasteiger partial charge in [0.2, 0.25) is 0 Å². The van der Waals surface area contributed by atoms with Crippen molar-refractivity contribution < 1.29 is 14.3 Å². The van der Waals surface area contributed by atoms with E-state index in [9.17, 15) is 9.59 Å². The Kier molecular flexibility index (Phi) is 7.57. The van der Waals surface area contributed by atoms with Crippen molar-refractivity contribution in [3.05, 3.63) is 11.3 Å². The molecule has 6 heteroatoms. The number of nitrogens with zero attached hydrogens (tertiary/aromatic N) is 1. The van der Waals surface area contributed by atoms with Crippen LogP contribution in [0.5, 0.6) is 0 Å². The second kappa shape index (κ2) is 8.35. The van der Waals surface area contributed by atoms with E-state index in [4.69, 9.17) is 10.5 Å². The molecular formula is C14H25N3O3. The predicted octanol–water partition coefficient (Wildman–Crippen LogP) is 1.79. The van der Waals surface area contributed by atoms with Crippen molar-refractivity contribution in [3.8, 4) is 0 Å². The smallest absolute Gasteiger partial charge is 0.407 e. The number of ketones is 1. The Balaban J connectivity index is 4.11. The van der Waals surface area contributed by atoms with Gasteiger partial charge in [0, 0.05) is 31.9 Å². The normalized spacial score (nSPS) is 13.1. The number of carbonyl (C=O) groups is 2. The number of carbonyl (C=O) groups excluding carboxylic acids is 2. The molecule has 0 saturated heterocycles. The minimum absolute atomic E-state index is 0.0819. The van der Waals surface area contributed by atoms with E-state index >= 15 is 0 Å². The van der Waals surface area contributed by atoms with Crippen LogP contribution in [0, 0.1) is 0 Å². The number of Topliss-reactive ketones (excluding diaryl/α,β-unsaturated/α-hetero) is 1. The standard InChI is InChI=1S/C14H25N3O3/c1-10(15)11(9-16-5)12(18)7-6-8-17-13(19)20-14(2,3)4/h9H,6-8,15H2,1-5H3,(H,17,19). The van der Waals surface area contributed by atoms with Gasteiger partial charge in [0.1, 0.15) is 5.60 Å². The maximum atomic E-state index is 11.9. The zero-order valence-corrected chi connectivity index (χ0v) is 12.9. The minimum atomic E-state index is -0.524. The van der Waals surface area contributed by atoms with Crippen LogP contribution in [0.2, 0.25) is 0 Å². The molecule has 0 aliphatic rings. The van der Waals surface area contributed by atoms with E-state index in [2.05, 4.69) is 10.3 Å². The Morgan fingerprint density at radius 1 is 1.35 bits per heavy atom. The molecule has 3 N–H and O–H groups in total. The van der Waals surface area contributed by atoms with Gasteiger partial charge in [-0.25, -0.2) is 4.79 Å². The number of nitrogens with two attached hydrogens (primary N) is 1. The summed E-state index contributed by atoms with van der Waals surface area (Å²) in [4.78, 5) is 27.1. The summed E-state index contributed by atoms with van der Waals surface area (Å²) in [6.45, 7) is 7.42. The summed E-state index contributed by atoms with van der Waals surface area (Å²) in [5.41, 5.74) is 5.97. The third kappa shape index (κ3) is 8.29. The largest absolute Gasteiger partial charge is 0.444 e. The highest BCUT2D eigenvalue weighted by molar-refractivity contribution is 6.13.